The van der Waals surface area contributed by atoms with Gasteiger partial charge in [0.05, 0.1) is 5.52 Å². The van der Waals surface area contributed by atoms with Crippen molar-refractivity contribution in [1.82, 2.24) is 9.66 Å². The van der Waals surface area contributed by atoms with Crippen molar-refractivity contribution in [3.05, 3.63) is 40.7 Å². The van der Waals surface area contributed by atoms with Crippen LogP contribution in [0.1, 0.15) is 0 Å². The molecule has 0 aliphatic heterocycles. The van der Waals surface area contributed by atoms with Crippen molar-refractivity contribution in [2.24, 2.45) is 0 Å². The van der Waals surface area contributed by atoms with Crippen LogP contribution in [0.25, 0.3) is 10.9 Å². The van der Waals surface area contributed by atoms with E-state index >= 15 is 0 Å². The third kappa shape index (κ3) is 1.45. The summed E-state index contributed by atoms with van der Waals surface area (Å²) in [4.78, 5) is 15.8. The first-order chi connectivity index (χ1) is 7.11. The normalized spacial score (nSPS) is 10.6. The first kappa shape index (κ1) is 9.64. The van der Waals surface area contributed by atoms with E-state index < -0.39 is 11.4 Å². The number of aromatic nitrogens is 2. The Bertz CT molecular complexity index is 562. The first-order valence-electron chi connectivity index (χ1n) is 4.45. The van der Waals surface area contributed by atoms with Crippen LogP contribution in [0.2, 0.25) is 0 Å². The first-order valence-corrected chi connectivity index (χ1v) is 4.45. The summed E-state index contributed by atoms with van der Waals surface area (Å²) in [6.45, 7) is 0. The van der Waals surface area contributed by atoms with Gasteiger partial charge < -0.3 is 5.01 Å². The lowest BCUT2D eigenvalue weighted by Gasteiger charge is -2.15. The third-order valence-electron chi connectivity index (χ3n) is 2.15. The fourth-order valence-corrected chi connectivity index (χ4v) is 1.40. The van der Waals surface area contributed by atoms with E-state index in [0.29, 0.717) is 5.52 Å². The van der Waals surface area contributed by atoms with Gasteiger partial charge in [-0.3, -0.25) is 4.79 Å². The fraction of sp³-hybridized carbons (Fsp3) is 0.200. The second kappa shape index (κ2) is 3.34. The Morgan fingerprint density at radius 3 is 2.80 bits per heavy atom. The molecule has 0 spiro atoms. The molecule has 0 bridgehead atoms. The molecular weight excluding hydrogens is 197 g/mol. The summed E-state index contributed by atoms with van der Waals surface area (Å²) in [5.41, 5.74) is -0.0267. The summed E-state index contributed by atoms with van der Waals surface area (Å²) in [7, 11) is 3.38. The number of benzene rings is 1. The van der Waals surface area contributed by atoms with E-state index in [9.17, 15) is 9.18 Å². The highest BCUT2D eigenvalue weighted by molar-refractivity contribution is 5.77. The van der Waals surface area contributed by atoms with Crippen LogP contribution in [0.15, 0.2) is 29.3 Å². The van der Waals surface area contributed by atoms with Crippen LogP contribution in [0.4, 0.5) is 4.39 Å². The number of nitrogens with zero attached hydrogens (tertiary/aromatic N) is 3. The highest BCUT2D eigenvalue weighted by atomic mass is 19.1. The molecule has 5 heteroatoms. The second-order valence-electron chi connectivity index (χ2n) is 3.38. The topological polar surface area (TPSA) is 38.1 Å². The van der Waals surface area contributed by atoms with Crippen molar-refractivity contribution in [2.75, 3.05) is 19.1 Å². The molecule has 2 rings (SSSR count). The van der Waals surface area contributed by atoms with Crippen molar-refractivity contribution in [3.8, 4) is 0 Å². The largest absolute Gasteiger partial charge is 0.315 e. The third-order valence-corrected chi connectivity index (χ3v) is 2.15. The molecule has 0 atom stereocenters. The van der Waals surface area contributed by atoms with Gasteiger partial charge in [0.1, 0.15) is 17.5 Å². The van der Waals surface area contributed by atoms with E-state index in [1.165, 1.54) is 23.1 Å². The van der Waals surface area contributed by atoms with E-state index in [0.717, 1.165) is 0 Å². The van der Waals surface area contributed by atoms with Gasteiger partial charge in [-0.25, -0.2) is 14.1 Å². The number of hydrogen-bond donors (Lipinski definition) is 0. The Balaban J connectivity index is 2.90. The molecule has 78 valence electrons. The summed E-state index contributed by atoms with van der Waals surface area (Å²) in [5, 5.41) is 1.56. The average molecular weight is 207 g/mol. The monoisotopic (exact) mass is 207 g/mol. The second-order valence-corrected chi connectivity index (χ2v) is 3.38. The Labute approximate surface area is 85.5 Å². The van der Waals surface area contributed by atoms with Crippen LogP contribution in [0.5, 0.6) is 0 Å². The minimum absolute atomic E-state index is 0.0219. The SMILES string of the molecule is CN(C)n1cnc2cccc(F)c2c1=O. The average Bonchev–Trinajstić information content (AvgIpc) is 2.17. The van der Waals surface area contributed by atoms with Crippen molar-refractivity contribution < 1.29 is 4.39 Å². The fourth-order valence-electron chi connectivity index (χ4n) is 1.40. The Morgan fingerprint density at radius 1 is 1.40 bits per heavy atom. The molecule has 0 N–H and O–H groups in total. The van der Waals surface area contributed by atoms with Crippen LogP contribution >= 0.6 is 0 Å². The quantitative estimate of drug-likeness (QED) is 0.692. The molecule has 0 unspecified atom stereocenters. The van der Waals surface area contributed by atoms with Gasteiger partial charge in [0.15, 0.2) is 0 Å². The highest BCUT2D eigenvalue weighted by Gasteiger charge is 2.08. The maximum Gasteiger partial charge on any atom is 0.282 e. The standard InChI is InChI=1S/C10H10FN3O/c1-13(2)14-6-12-8-5-3-4-7(11)9(8)10(14)15/h3-6H,1-2H3. The molecule has 0 fully saturated rings. The van der Waals surface area contributed by atoms with Crippen LogP contribution in [-0.2, 0) is 0 Å². The maximum atomic E-state index is 13.4. The summed E-state index contributed by atoms with van der Waals surface area (Å²) in [6, 6.07) is 4.40. The maximum absolute atomic E-state index is 13.4. The lowest BCUT2D eigenvalue weighted by Crippen LogP contribution is -2.36. The van der Waals surface area contributed by atoms with Crippen LogP contribution in [0.3, 0.4) is 0 Å². The summed E-state index contributed by atoms with van der Waals surface area (Å²) >= 11 is 0. The molecule has 15 heavy (non-hydrogen) atoms. The van der Waals surface area contributed by atoms with Gasteiger partial charge >= 0.3 is 0 Å². The number of fused-ring (bicyclic) bond motifs is 1. The molecule has 0 aliphatic rings. The van der Waals surface area contributed by atoms with Crippen molar-refractivity contribution in [3.63, 3.8) is 0 Å². The molecule has 0 aliphatic carbocycles. The lowest BCUT2D eigenvalue weighted by atomic mass is 10.2. The lowest BCUT2D eigenvalue weighted by molar-refractivity contribution is 0.631. The Kier molecular flexibility index (Phi) is 2.15. The number of hydrogen-bond acceptors (Lipinski definition) is 3. The van der Waals surface area contributed by atoms with Crippen LogP contribution in [0, 0.1) is 5.82 Å². The molecule has 0 saturated heterocycles. The van der Waals surface area contributed by atoms with E-state index in [1.54, 1.807) is 25.2 Å². The van der Waals surface area contributed by atoms with Gasteiger partial charge in [0, 0.05) is 14.1 Å². The molecular formula is C10H10FN3O. The van der Waals surface area contributed by atoms with Crippen molar-refractivity contribution >= 4 is 10.9 Å². The zero-order valence-corrected chi connectivity index (χ0v) is 8.44. The summed E-state index contributed by atoms with van der Waals surface area (Å²) in [6.07, 6.45) is 1.38. The van der Waals surface area contributed by atoms with E-state index in [-0.39, 0.29) is 5.39 Å². The molecule has 4 nitrogen and oxygen atoms in total. The van der Waals surface area contributed by atoms with Gasteiger partial charge in [-0.2, -0.15) is 0 Å². The smallest absolute Gasteiger partial charge is 0.282 e. The predicted octanol–water partition coefficient (Wildman–Crippen LogP) is 0.733. The van der Waals surface area contributed by atoms with Gasteiger partial charge in [-0.05, 0) is 12.1 Å². The molecule has 1 aromatic heterocycles. The molecule has 1 heterocycles. The molecule has 0 amide bonds. The van der Waals surface area contributed by atoms with Gasteiger partial charge in [-0.15, -0.1) is 0 Å². The molecule has 0 saturated carbocycles. The summed E-state index contributed by atoms with van der Waals surface area (Å²) in [5.74, 6) is -0.541. The van der Waals surface area contributed by atoms with Crippen molar-refractivity contribution in [1.29, 1.82) is 0 Å². The molecule has 2 aromatic rings. The molecule has 1 aromatic carbocycles. The van der Waals surface area contributed by atoms with Crippen LogP contribution in [-0.4, -0.2) is 23.8 Å². The highest BCUT2D eigenvalue weighted by Crippen LogP contribution is 2.10. The van der Waals surface area contributed by atoms with Crippen molar-refractivity contribution in [2.45, 2.75) is 0 Å². The minimum atomic E-state index is -0.541. The Morgan fingerprint density at radius 2 is 2.13 bits per heavy atom. The van der Waals surface area contributed by atoms with E-state index in [1.807, 2.05) is 0 Å². The summed E-state index contributed by atoms with van der Waals surface area (Å²) < 4.78 is 14.7. The zero-order chi connectivity index (χ0) is 11.0. The van der Waals surface area contributed by atoms with Crippen LogP contribution < -0.4 is 10.6 Å². The zero-order valence-electron chi connectivity index (χ0n) is 8.44. The Hall–Kier alpha value is -1.91. The number of rotatable bonds is 1. The van der Waals surface area contributed by atoms with Gasteiger partial charge in [-0.1, -0.05) is 6.07 Å². The predicted molar refractivity (Wildman–Crippen MR) is 56.0 cm³/mol. The molecule has 0 radical (unpaired) electrons. The van der Waals surface area contributed by atoms with E-state index in [2.05, 4.69) is 4.98 Å². The number of halogens is 1. The van der Waals surface area contributed by atoms with E-state index in [4.69, 9.17) is 0 Å². The van der Waals surface area contributed by atoms with Gasteiger partial charge in [0.25, 0.3) is 5.56 Å². The van der Waals surface area contributed by atoms with Gasteiger partial charge in [0.2, 0.25) is 0 Å². The minimum Gasteiger partial charge on any atom is -0.315 e.